The summed E-state index contributed by atoms with van der Waals surface area (Å²) in [5, 5.41) is 10.8. The highest BCUT2D eigenvalue weighted by Gasteiger charge is 2.48. The molecule has 0 bridgehead atoms. The molecule has 1 spiro atoms. The average Bonchev–Trinajstić information content (AvgIpc) is 3.64. The van der Waals surface area contributed by atoms with Crippen molar-refractivity contribution in [2.24, 2.45) is 5.41 Å². The molecule has 4 N–H and O–H groups in total. The van der Waals surface area contributed by atoms with Crippen LogP contribution >= 0.6 is 0 Å². The van der Waals surface area contributed by atoms with Crippen LogP contribution in [0.25, 0.3) is 22.2 Å². The van der Waals surface area contributed by atoms with Gasteiger partial charge in [0, 0.05) is 85.4 Å². The van der Waals surface area contributed by atoms with E-state index in [2.05, 4.69) is 25.2 Å². The van der Waals surface area contributed by atoms with Crippen LogP contribution in [0.15, 0.2) is 48.9 Å². The van der Waals surface area contributed by atoms with Crippen molar-refractivity contribution in [1.29, 1.82) is 0 Å². The smallest absolute Gasteiger partial charge is 0.475 e. The second-order valence-electron chi connectivity index (χ2n) is 12.0. The van der Waals surface area contributed by atoms with Gasteiger partial charge in [-0.3, -0.25) is 9.52 Å². The number of ketones is 1. The molecule has 1 atom stereocenters. The first-order valence-corrected chi connectivity index (χ1v) is 16.1. The van der Waals surface area contributed by atoms with Gasteiger partial charge in [0.15, 0.2) is 5.82 Å². The van der Waals surface area contributed by atoms with Crippen LogP contribution in [-0.2, 0) is 15.0 Å². The highest BCUT2D eigenvalue weighted by Crippen LogP contribution is 2.37. The minimum atomic E-state index is -5.08. The Hall–Kier alpha value is -4.75. The highest BCUT2D eigenvalue weighted by atomic mass is 32.2. The van der Waals surface area contributed by atoms with Crippen LogP contribution in [0.1, 0.15) is 22.3 Å². The maximum absolute atomic E-state index is 15.5. The number of nitrogens with one attached hydrogen (secondary N) is 3. The largest absolute Gasteiger partial charge is 0.490 e. The molecule has 0 aliphatic carbocycles. The van der Waals surface area contributed by atoms with E-state index in [1.54, 1.807) is 18.5 Å². The van der Waals surface area contributed by atoms with Crippen LogP contribution in [0, 0.1) is 17.0 Å². The fourth-order valence-corrected chi connectivity index (χ4v) is 7.07. The Bertz CT molecular complexity index is 2030. The number of fused-ring (bicyclic) bond motifs is 1. The second kappa shape index (κ2) is 12.6. The summed E-state index contributed by atoms with van der Waals surface area (Å²) >= 11 is 0. The van der Waals surface area contributed by atoms with Gasteiger partial charge in [0.25, 0.3) is 0 Å². The summed E-state index contributed by atoms with van der Waals surface area (Å²) in [6, 6.07) is 7.21. The van der Waals surface area contributed by atoms with Crippen LogP contribution in [0.3, 0.4) is 0 Å². The second-order valence-corrected chi connectivity index (χ2v) is 13.6. The van der Waals surface area contributed by atoms with Crippen molar-refractivity contribution in [3.63, 3.8) is 0 Å². The number of carbonyl (C=O) groups excluding carboxylic acids is 1. The van der Waals surface area contributed by atoms with E-state index < -0.39 is 57.2 Å². The average molecular weight is 712 g/mol. The fraction of sp³-hybridized carbons (Fsp3) is 0.333. The van der Waals surface area contributed by atoms with E-state index in [0.717, 1.165) is 54.0 Å². The number of aromatic nitrogens is 3. The molecule has 0 radical (unpaired) electrons. The molecule has 0 saturated carbocycles. The number of carbonyl (C=O) groups is 2. The lowest BCUT2D eigenvalue weighted by molar-refractivity contribution is -0.192. The quantitative estimate of drug-likeness (QED) is 0.165. The van der Waals surface area contributed by atoms with Gasteiger partial charge in [-0.2, -0.15) is 25.9 Å². The minimum absolute atomic E-state index is 0.0182. The number of alkyl halides is 4. The molecule has 19 heteroatoms. The van der Waals surface area contributed by atoms with Crippen molar-refractivity contribution in [3.8, 4) is 11.1 Å². The van der Waals surface area contributed by atoms with E-state index in [4.69, 9.17) is 9.90 Å². The van der Waals surface area contributed by atoms with E-state index in [-0.39, 0.29) is 25.1 Å². The molecular weight excluding hydrogens is 684 g/mol. The number of carboxylic acids is 1. The number of H-pyrrole nitrogens is 1. The molecule has 3 saturated heterocycles. The number of carboxylic acid groups (broad SMARTS) is 1. The summed E-state index contributed by atoms with van der Waals surface area (Å²) < 4.78 is 104. The third-order valence-corrected chi connectivity index (χ3v) is 9.96. The van der Waals surface area contributed by atoms with E-state index in [9.17, 15) is 35.2 Å². The number of aliphatic carboxylic acids is 1. The lowest BCUT2D eigenvalue weighted by Gasteiger charge is -2.56. The zero-order valence-corrected chi connectivity index (χ0v) is 26.0. The van der Waals surface area contributed by atoms with Crippen molar-refractivity contribution < 1.29 is 49.5 Å². The molecule has 12 nitrogen and oxygen atoms in total. The Labute approximate surface area is 274 Å². The van der Waals surface area contributed by atoms with Gasteiger partial charge in [-0.05, 0) is 36.8 Å². The summed E-state index contributed by atoms with van der Waals surface area (Å²) in [5.74, 6) is -5.41. The zero-order valence-electron chi connectivity index (χ0n) is 25.2. The molecule has 3 aliphatic heterocycles. The number of anilines is 2. The number of hydrogen-bond acceptors (Lipinski definition) is 8. The number of hydrogen-bond donors (Lipinski definition) is 4. The Kier molecular flexibility index (Phi) is 8.78. The monoisotopic (exact) mass is 711 g/mol. The number of benzene rings is 1. The summed E-state index contributed by atoms with van der Waals surface area (Å²) in [6.45, 7) is 3.52. The molecule has 0 amide bonds. The normalized spacial score (nSPS) is 18.8. The maximum atomic E-state index is 15.5. The summed E-state index contributed by atoms with van der Waals surface area (Å²) in [6.07, 6.45) is -1.76. The van der Waals surface area contributed by atoms with Crippen LogP contribution in [0.4, 0.5) is 37.8 Å². The summed E-state index contributed by atoms with van der Waals surface area (Å²) in [4.78, 5) is 36.4. The number of aromatic amines is 1. The molecule has 3 fully saturated rings. The van der Waals surface area contributed by atoms with E-state index in [1.165, 1.54) is 6.20 Å². The predicted molar refractivity (Wildman–Crippen MR) is 164 cm³/mol. The van der Waals surface area contributed by atoms with Crippen molar-refractivity contribution in [2.45, 2.75) is 18.8 Å². The molecular formula is C30H27F6N7O5S. The summed E-state index contributed by atoms with van der Waals surface area (Å²) in [7, 11) is -4.32. The third-order valence-electron chi connectivity index (χ3n) is 8.47. The van der Waals surface area contributed by atoms with Crippen molar-refractivity contribution in [2.75, 3.05) is 48.9 Å². The Morgan fingerprint density at radius 1 is 1.04 bits per heavy atom. The molecule has 3 aliphatic rings. The molecule has 49 heavy (non-hydrogen) atoms. The number of halogens is 6. The standard InChI is InChI=1S/C28H26F3N7O3S.C2HF3O2/c29-18-5-6-38(11-18)42(40,41)36-22-3-2-21(30)24(25(22)31)26(39)20-10-35-27-19(20)7-17(9-34-27)16-1-4-23(33-8-16)37-14-28(15-37)12-32-13-28;3-2(4,5)1(6)7/h1-4,7-10,18,32,36H,5-6,11-15H2,(H,34,35);(H,6,7)/t18-;/m1./s1. The first-order valence-electron chi connectivity index (χ1n) is 14.7. The molecule has 3 aromatic heterocycles. The van der Waals surface area contributed by atoms with E-state index in [0.29, 0.717) is 22.0 Å². The number of rotatable bonds is 7. The van der Waals surface area contributed by atoms with Crippen molar-refractivity contribution >= 4 is 44.5 Å². The van der Waals surface area contributed by atoms with Gasteiger partial charge in [0.05, 0.1) is 11.3 Å². The Morgan fingerprint density at radius 3 is 2.31 bits per heavy atom. The molecule has 7 rings (SSSR count). The van der Waals surface area contributed by atoms with Gasteiger partial charge in [-0.15, -0.1) is 0 Å². The molecule has 0 unspecified atom stereocenters. The van der Waals surface area contributed by atoms with Gasteiger partial charge < -0.3 is 20.3 Å². The van der Waals surface area contributed by atoms with E-state index >= 15 is 4.39 Å². The SMILES string of the molecule is O=C(O)C(F)(F)F.O=C(c1c(F)ccc(NS(=O)(=O)N2CC[C@@H](F)C2)c1F)c1c[nH]c2ncc(-c3ccc(N4CC5(CNC5)C4)nc3)cc12. The van der Waals surface area contributed by atoms with Gasteiger partial charge in [-0.25, -0.2) is 27.9 Å². The zero-order chi connectivity index (χ0) is 35.3. The van der Waals surface area contributed by atoms with Crippen LogP contribution in [0.2, 0.25) is 0 Å². The summed E-state index contributed by atoms with van der Waals surface area (Å²) in [5.41, 5.74) is 0.514. The minimum Gasteiger partial charge on any atom is -0.475 e. The van der Waals surface area contributed by atoms with E-state index in [1.807, 2.05) is 16.9 Å². The predicted octanol–water partition coefficient (Wildman–Crippen LogP) is 3.88. The van der Waals surface area contributed by atoms with Gasteiger partial charge in [0.2, 0.25) is 5.78 Å². The van der Waals surface area contributed by atoms with Crippen LogP contribution in [-0.4, -0.2) is 96.2 Å². The maximum Gasteiger partial charge on any atom is 0.490 e. The number of pyridine rings is 2. The Morgan fingerprint density at radius 2 is 1.73 bits per heavy atom. The fourth-order valence-electron chi connectivity index (χ4n) is 5.80. The first-order chi connectivity index (χ1) is 23.1. The molecule has 1 aromatic carbocycles. The third kappa shape index (κ3) is 6.77. The Balaban J connectivity index is 0.000000540. The molecule has 4 aromatic rings. The van der Waals surface area contributed by atoms with Gasteiger partial charge >= 0.3 is 22.4 Å². The van der Waals surface area contributed by atoms with Gasteiger partial charge in [-0.1, -0.05) is 0 Å². The van der Waals surface area contributed by atoms with Gasteiger partial charge in [0.1, 0.15) is 23.5 Å². The van der Waals surface area contributed by atoms with Crippen molar-refractivity contribution in [3.05, 3.63) is 71.7 Å². The van der Waals surface area contributed by atoms with Crippen LogP contribution < -0.4 is 14.9 Å². The highest BCUT2D eigenvalue weighted by molar-refractivity contribution is 7.90. The number of nitrogens with zero attached hydrogens (tertiary/aromatic N) is 4. The van der Waals surface area contributed by atoms with Crippen molar-refractivity contribution in [1.82, 2.24) is 24.6 Å². The topological polar surface area (TPSA) is 161 Å². The lowest BCUT2D eigenvalue weighted by atomic mass is 9.74. The molecule has 6 heterocycles. The van der Waals surface area contributed by atoms with Crippen LogP contribution in [0.5, 0.6) is 0 Å². The first kappa shape index (κ1) is 34.1. The lowest BCUT2D eigenvalue weighted by Crippen LogP contribution is -2.71. The molecule has 260 valence electrons.